The van der Waals surface area contributed by atoms with Crippen LogP contribution < -0.4 is 5.32 Å². The molecule has 0 aliphatic carbocycles. The van der Waals surface area contributed by atoms with Crippen molar-refractivity contribution in [1.82, 2.24) is 5.32 Å². The molecule has 1 fully saturated rings. The van der Waals surface area contributed by atoms with Crippen LogP contribution in [-0.2, 0) is 9.53 Å². The smallest absolute Gasteiger partial charge is 0.309 e. The van der Waals surface area contributed by atoms with Gasteiger partial charge in [-0.15, -0.1) is 12.4 Å². The van der Waals surface area contributed by atoms with E-state index < -0.39 is 0 Å². The fraction of sp³-hybridized carbons (Fsp3) is 0.857. The number of nitrogens with one attached hydrogen (secondary N) is 1. The van der Waals surface area contributed by atoms with E-state index in [0.29, 0.717) is 19.5 Å². The molecule has 0 aromatic carbocycles. The second-order valence-corrected chi connectivity index (χ2v) is 2.97. The lowest BCUT2D eigenvalue weighted by Gasteiger charge is -2.25. The van der Waals surface area contributed by atoms with Gasteiger partial charge < -0.3 is 10.1 Å². The summed E-state index contributed by atoms with van der Waals surface area (Å²) in [6, 6.07) is -0.136. The summed E-state index contributed by atoms with van der Waals surface area (Å²) < 4.78 is 4.60. The van der Waals surface area contributed by atoms with Crippen LogP contribution in [0.1, 0.15) is 6.42 Å². The van der Waals surface area contributed by atoms with Gasteiger partial charge in [-0.25, -0.2) is 0 Å². The van der Waals surface area contributed by atoms with Crippen molar-refractivity contribution in [2.75, 3.05) is 20.2 Å². The van der Waals surface area contributed by atoms with Gasteiger partial charge in [0.1, 0.15) is 0 Å². The Morgan fingerprint density at radius 3 is 2.93 bits per heavy atom. The van der Waals surface area contributed by atoms with Gasteiger partial charge in [-0.05, 0) is 12.0 Å². The number of hydrogen-bond acceptors (Lipinski definition) is 4. The number of azide groups is 1. The van der Waals surface area contributed by atoms with Crippen LogP contribution in [0.2, 0.25) is 0 Å². The van der Waals surface area contributed by atoms with E-state index >= 15 is 0 Å². The number of carbonyl (C=O) groups excluding carboxylic acids is 1. The summed E-state index contributed by atoms with van der Waals surface area (Å²) >= 11 is 0. The molecule has 1 saturated heterocycles. The predicted octanol–water partition coefficient (Wildman–Crippen LogP) is 0.870. The van der Waals surface area contributed by atoms with Crippen LogP contribution in [0.5, 0.6) is 0 Å². The molecule has 0 bridgehead atoms. The van der Waals surface area contributed by atoms with Crippen molar-refractivity contribution >= 4 is 18.4 Å². The van der Waals surface area contributed by atoms with Gasteiger partial charge in [-0.2, -0.15) is 0 Å². The molecule has 2 atom stereocenters. The van der Waals surface area contributed by atoms with Crippen LogP contribution in [-0.4, -0.2) is 32.2 Å². The third-order valence-corrected chi connectivity index (χ3v) is 2.08. The van der Waals surface area contributed by atoms with E-state index in [0.717, 1.165) is 0 Å². The molecular weight excluding hydrogens is 208 g/mol. The lowest BCUT2D eigenvalue weighted by atomic mass is 9.96. The zero-order valence-corrected chi connectivity index (χ0v) is 8.66. The highest BCUT2D eigenvalue weighted by atomic mass is 35.5. The molecule has 14 heavy (non-hydrogen) atoms. The molecule has 7 heteroatoms. The maximum absolute atomic E-state index is 11.1. The summed E-state index contributed by atoms with van der Waals surface area (Å²) in [5.41, 5.74) is 8.21. The van der Waals surface area contributed by atoms with Gasteiger partial charge >= 0.3 is 5.97 Å². The highest BCUT2D eigenvalue weighted by molar-refractivity contribution is 5.85. The molecule has 1 N–H and O–H groups in total. The standard InChI is InChI=1S/C7H12N4O2.ClH/c1-13-7(12)5-2-6(10-11-8)4-9-3-5;/h5-6,9H,2-4H2,1H3;1H/t5-,6+;/m0./s1. The summed E-state index contributed by atoms with van der Waals surface area (Å²) in [5.74, 6) is -0.431. The first-order valence-electron chi connectivity index (χ1n) is 4.10. The third kappa shape index (κ3) is 3.41. The van der Waals surface area contributed by atoms with Crippen molar-refractivity contribution in [2.24, 2.45) is 11.0 Å². The van der Waals surface area contributed by atoms with Crippen LogP contribution in [0, 0.1) is 5.92 Å². The summed E-state index contributed by atoms with van der Waals surface area (Å²) in [5, 5.41) is 6.58. The molecule has 0 amide bonds. The number of nitrogens with zero attached hydrogens (tertiary/aromatic N) is 3. The number of ether oxygens (including phenoxy) is 1. The van der Waals surface area contributed by atoms with Gasteiger partial charge in [0.25, 0.3) is 0 Å². The Labute approximate surface area is 88.0 Å². The van der Waals surface area contributed by atoms with Crippen molar-refractivity contribution in [2.45, 2.75) is 12.5 Å². The van der Waals surface area contributed by atoms with E-state index in [2.05, 4.69) is 20.1 Å². The second-order valence-electron chi connectivity index (χ2n) is 2.97. The highest BCUT2D eigenvalue weighted by Crippen LogP contribution is 2.14. The Bertz CT molecular complexity index is 242. The average molecular weight is 221 g/mol. The zero-order chi connectivity index (χ0) is 9.68. The first-order chi connectivity index (χ1) is 6.27. The molecule has 1 aliphatic heterocycles. The minimum absolute atomic E-state index is 0. The maximum atomic E-state index is 11.1. The van der Waals surface area contributed by atoms with Crippen molar-refractivity contribution in [3.63, 3.8) is 0 Å². The Kier molecular flexibility index (Phi) is 6.03. The number of rotatable bonds is 2. The highest BCUT2D eigenvalue weighted by Gasteiger charge is 2.26. The van der Waals surface area contributed by atoms with Crippen LogP contribution in [0.25, 0.3) is 10.4 Å². The number of hydrogen-bond donors (Lipinski definition) is 1. The number of carbonyl (C=O) groups is 1. The normalized spacial score (nSPS) is 25.5. The van der Waals surface area contributed by atoms with Crippen LogP contribution >= 0.6 is 12.4 Å². The van der Waals surface area contributed by atoms with Gasteiger partial charge in [0, 0.05) is 18.0 Å². The number of halogens is 1. The molecule has 80 valence electrons. The molecule has 0 radical (unpaired) electrons. The molecule has 1 aliphatic rings. The second kappa shape index (κ2) is 6.48. The average Bonchev–Trinajstić information content (AvgIpc) is 2.18. The molecule has 1 rings (SSSR count). The first kappa shape index (κ1) is 13.0. The summed E-state index contributed by atoms with van der Waals surface area (Å²) in [6.07, 6.45) is 0.573. The quantitative estimate of drug-likeness (QED) is 0.324. The Balaban J connectivity index is 0.00000169. The summed E-state index contributed by atoms with van der Waals surface area (Å²) in [4.78, 5) is 13.8. The van der Waals surface area contributed by atoms with Gasteiger partial charge in [0.2, 0.25) is 0 Å². The molecule has 0 aromatic heterocycles. The van der Waals surface area contributed by atoms with Crippen molar-refractivity contribution in [3.05, 3.63) is 10.4 Å². The molecule has 6 nitrogen and oxygen atoms in total. The number of esters is 1. The first-order valence-corrected chi connectivity index (χ1v) is 4.10. The largest absolute Gasteiger partial charge is 0.469 e. The monoisotopic (exact) mass is 220 g/mol. The SMILES string of the molecule is COC(=O)[C@@H]1CNC[C@H](N=[N+]=[N-])C1.Cl. The Hall–Kier alpha value is -0.970. The van der Waals surface area contributed by atoms with Crippen molar-refractivity contribution in [3.8, 4) is 0 Å². The lowest BCUT2D eigenvalue weighted by molar-refractivity contribution is -0.146. The van der Waals surface area contributed by atoms with Crippen molar-refractivity contribution < 1.29 is 9.53 Å². The molecule has 0 saturated carbocycles. The van der Waals surface area contributed by atoms with Crippen LogP contribution in [0.3, 0.4) is 0 Å². The third-order valence-electron chi connectivity index (χ3n) is 2.08. The minimum Gasteiger partial charge on any atom is -0.469 e. The van der Waals surface area contributed by atoms with Gasteiger partial charge in [-0.3, -0.25) is 4.79 Å². The van der Waals surface area contributed by atoms with Crippen molar-refractivity contribution in [1.29, 1.82) is 0 Å². The predicted molar refractivity (Wildman–Crippen MR) is 53.2 cm³/mol. The fourth-order valence-corrected chi connectivity index (χ4v) is 1.43. The van der Waals surface area contributed by atoms with Gasteiger partial charge in [0.15, 0.2) is 0 Å². The summed E-state index contributed by atoms with van der Waals surface area (Å²) in [6.45, 7) is 1.24. The van der Waals surface area contributed by atoms with E-state index in [9.17, 15) is 4.79 Å². The van der Waals surface area contributed by atoms with E-state index in [-0.39, 0.29) is 30.3 Å². The maximum Gasteiger partial charge on any atom is 0.309 e. The number of piperidine rings is 1. The van der Waals surface area contributed by atoms with Crippen LogP contribution in [0.4, 0.5) is 0 Å². The van der Waals surface area contributed by atoms with Crippen LogP contribution in [0.15, 0.2) is 5.11 Å². The molecular formula is C7H13ClN4O2. The fourth-order valence-electron chi connectivity index (χ4n) is 1.43. The molecule has 0 spiro atoms. The lowest BCUT2D eigenvalue weighted by Crippen LogP contribution is -2.41. The van der Waals surface area contributed by atoms with E-state index in [1.165, 1.54) is 7.11 Å². The molecule has 1 heterocycles. The van der Waals surface area contributed by atoms with E-state index in [4.69, 9.17) is 5.53 Å². The van der Waals surface area contributed by atoms with Gasteiger partial charge in [-0.1, -0.05) is 5.11 Å². The van der Waals surface area contributed by atoms with Gasteiger partial charge in [0.05, 0.1) is 19.1 Å². The Morgan fingerprint density at radius 1 is 1.64 bits per heavy atom. The minimum atomic E-state index is -0.245. The topological polar surface area (TPSA) is 87.1 Å². The molecule has 0 aromatic rings. The zero-order valence-electron chi connectivity index (χ0n) is 7.84. The molecule has 0 unspecified atom stereocenters. The summed E-state index contributed by atoms with van der Waals surface area (Å²) in [7, 11) is 1.36. The van der Waals surface area contributed by atoms with E-state index in [1.807, 2.05) is 0 Å². The number of methoxy groups -OCH3 is 1. The van der Waals surface area contributed by atoms with E-state index in [1.54, 1.807) is 0 Å². The Morgan fingerprint density at radius 2 is 2.36 bits per heavy atom.